The SMILES string of the molecule is c1cn(CCc2cscn2)c(NC2CCCC2)n1. The molecule has 1 N–H and O–H groups in total. The maximum atomic E-state index is 4.41. The van der Waals surface area contributed by atoms with Gasteiger partial charge in [-0.05, 0) is 12.8 Å². The van der Waals surface area contributed by atoms with Crippen LogP contribution in [0.2, 0.25) is 0 Å². The standard InChI is InChI=1S/C13H18N4S/c1-2-4-11(3-1)16-13-14-6-8-17(13)7-5-12-9-18-10-15-12/h6,8-11H,1-5,7H2,(H,14,16). The zero-order chi connectivity index (χ0) is 12.2. The van der Waals surface area contributed by atoms with Crippen LogP contribution in [-0.4, -0.2) is 20.6 Å². The smallest absolute Gasteiger partial charge is 0.202 e. The van der Waals surface area contributed by atoms with Crippen LogP contribution in [0.15, 0.2) is 23.3 Å². The zero-order valence-corrected chi connectivity index (χ0v) is 11.2. The molecule has 2 aromatic heterocycles. The van der Waals surface area contributed by atoms with Gasteiger partial charge in [0.05, 0.1) is 11.2 Å². The number of anilines is 1. The van der Waals surface area contributed by atoms with Gasteiger partial charge in [-0.1, -0.05) is 12.8 Å². The van der Waals surface area contributed by atoms with Crippen molar-refractivity contribution < 1.29 is 0 Å². The fourth-order valence-corrected chi connectivity index (χ4v) is 3.07. The number of nitrogens with one attached hydrogen (secondary N) is 1. The van der Waals surface area contributed by atoms with Crippen LogP contribution in [0.3, 0.4) is 0 Å². The first-order chi connectivity index (χ1) is 8.92. The van der Waals surface area contributed by atoms with E-state index in [1.807, 2.05) is 17.9 Å². The molecule has 1 saturated carbocycles. The average Bonchev–Trinajstić information content (AvgIpc) is 3.10. The molecule has 4 nitrogen and oxygen atoms in total. The Balaban J connectivity index is 1.60. The maximum absolute atomic E-state index is 4.41. The molecule has 5 heteroatoms. The lowest BCUT2D eigenvalue weighted by Crippen LogP contribution is -2.18. The molecule has 0 amide bonds. The van der Waals surface area contributed by atoms with Crippen molar-refractivity contribution in [2.24, 2.45) is 0 Å². The van der Waals surface area contributed by atoms with Crippen molar-refractivity contribution in [2.45, 2.75) is 44.7 Å². The summed E-state index contributed by atoms with van der Waals surface area (Å²) in [6.45, 7) is 0.943. The van der Waals surface area contributed by atoms with Gasteiger partial charge in [-0.2, -0.15) is 0 Å². The molecule has 2 aromatic rings. The molecule has 2 heterocycles. The second kappa shape index (κ2) is 5.52. The van der Waals surface area contributed by atoms with Crippen LogP contribution in [-0.2, 0) is 13.0 Å². The van der Waals surface area contributed by atoms with Gasteiger partial charge in [0.1, 0.15) is 0 Å². The molecule has 0 saturated heterocycles. The van der Waals surface area contributed by atoms with Gasteiger partial charge in [0.25, 0.3) is 0 Å². The Morgan fingerprint density at radius 2 is 2.22 bits per heavy atom. The predicted molar refractivity (Wildman–Crippen MR) is 73.9 cm³/mol. The molecule has 18 heavy (non-hydrogen) atoms. The Hall–Kier alpha value is -1.36. The minimum atomic E-state index is 0.616. The highest BCUT2D eigenvalue weighted by atomic mass is 32.1. The summed E-state index contributed by atoms with van der Waals surface area (Å²) in [6.07, 6.45) is 10.1. The van der Waals surface area contributed by atoms with E-state index in [4.69, 9.17) is 0 Å². The molecule has 1 fully saturated rings. The first kappa shape index (κ1) is 11.7. The molecular weight excluding hydrogens is 244 g/mol. The van der Waals surface area contributed by atoms with Gasteiger partial charge in [-0.25, -0.2) is 9.97 Å². The molecule has 0 radical (unpaired) electrons. The number of nitrogens with zero attached hydrogens (tertiary/aromatic N) is 3. The van der Waals surface area contributed by atoms with E-state index in [1.165, 1.54) is 31.4 Å². The van der Waals surface area contributed by atoms with Gasteiger partial charge >= 0.3 is 0 Å². The van der Waals surface area contributed by atoms with Gasteiger partial charge < -0.3 is 9.88 Å². The molecule has 0 atom stereocenters. The monoisotopic (exact) mass is 262 g/mol. The Labute approximate surface area is 111 Å². The summed E-state index contributed by atoms with van der Waals surface area (Å²) in [5.74, 6) is 1.01. The number of aromatic nitrogens is 3. The van der Waals surface area contributed by atoms with Gasteiger partial charge in [0, 0.05) is 36.8 Å². The molecule has 0 aliphatic heterocycles. The maximum Gasteiger partial charge on any atom is 0.202 e. The number of rotatable bonds is 5. The van der Waals surface area contributed by atoms with Crippen LogP contribution in [0.25, 0.3) is 0 Å². The van der Waals surface area contributed by atoms with E-state index in [-0.39, 0.29) is 0 Å². The van der Waals surface area contributed by atoms with Crippen molar-refractivity contribution in [3.8, 4) is 0 Å². The van der Waals surface area contributed by atoms with Gasteiger partial charge in [0.2, 0.25) is 5.95 Å². The normalized spacial score (nSPS) is 16.2. The Kier molecular flexibility index (Phi) is 3.59. The van der Waals surface area contributed by atoms with Crippen LogP contribution in [0.1, 0.15) is 31.4 Å². The summed E-state index contributed by atoms with van der Waals surface area (Å²) in [5, 5.41) is 5.67. The van der Waals surface area contributed by atoms with Crippen LogP contribution < -0.4 is 5.32 Å². The molecule has 0 aromatic carbocycles. The molecule has 0 bridgehead atoms. The Morgan fingerprint density at radius 1 is 1.33 bits per heavy atom. The van der Waals surface area contributed by atoms with E-state index in [2.05, 4.69) is 25.2 Å². The van der Waals surface area contributed by atoms with Crippen LogP contribution >= 0.6 is 11.3 Å². The topological polar surface area (TPSA) is 42.7 Å². The van der Waals surface area contributed by atoms with Crippen molar-refractivity contribution in [3.63, 3.8) is 0 Å². The van der Waals surface area contributed by atoms with E-state index in [0.29, 0.717) is 6.04 Å². The predicted octanol–water partition coefficient (Wildman–Crippen LogP) is 2.94. The summed E-state index contributed by atoms with van der Waals surface area (Å²) < 4.78 is 2.19. The highest BCUT2D eigenvalue weighted by Crippen LogP contribution is 2.21. The highest BCUT2D eigenvalue weighted by Gasteiger charge is 2.16. The molecule has 0 spiro atoms. The lowest BCUT2D eigenvalue weighted by molar-refractivity contribution is 0.669. The third-order valence-corrected chi connectivity index (χ3v) is 4.13. The van der Waals surface area contributed by atoms with Crippen LogP contribution in [0.4, 0.5) is 5.95 Å². The van der Waals surface area contributed by atoms with Crippen molar-refractivity contribution in [1.82, 2.24) is 14.5 Å². The second-order valence-electron chi connectivity index (χ2n) is 4.80. The average molecular weight is 262 g/mol. The van der Waals surface area contributed by atoms with Gasteiger partial charge in [-0.15, -0.1) is 11.3 Å². The number of imidazole rings is 1. The third-order valence-electron chi connectivity index (χ3n) is 3.50. The summed E-state index contributed by atoms with van der Waals surface area (Å²) in [6, 6.07) is 0.616. The summed E-state index contributed by atoms with van der Waals surface area (Å²) in [5.41, 5.74) is 3.06. The quantitative estimate of drug-likeness (QED) is 0.901. The first-order valence-electron chi connectivity index (χ1n) is 6.56. The highest BCUT2D eigenvalue weighted by molar-refractivity contribution is 7.07. The summed E-state index contributed by atoms with van der Waals surface area (Å²) in [4.78, 5) is 8.73. The molecule has 96 valence electrons. The zero-order valence-electron chi connectivity index (χ0n) is 10.4. The Morgan fingerprint density at radius 3 is 3.00 bits per heavy atom. The van der Waals surface area contributed by atoms with Gasteiger partial charge in [-0.3, -0.25) is 0 Å². The van der Waals surface area contributed by atoms with E-state index in [0.717, 1.165) is 18.9 Å². The number of aryl methyl sites for hydroxylation is 2. The van der Waals surface area contributed by atoms with E-state index in [1.54, 1.807) is 11.3 Å². The van der Waals surface area contributed by atoms with E-state index >= 15 is 0 Å². The third kappa shape index (κ3) is 2.72. The second-order valence-corrected chi connectivity index (χ2v) is 5.52. The first-order valence-corrected chi connectivity index (χ1v) is 7.51. The van der Waals surface area contributed by atoms with Crippen LogP contribution in [0, 0.1) is 0 Å². The molecule has 1 aliphatic carbocycles. The minimum Gasteiger partial charge on any atom is -0.353 e. The van der Waals surface area contributed by atoms with Crippen molar-refractivity contribution in [1.29, 1.82) is 0 Å². The van der Waals surface area contributed by atoms with Crippen LogP contribution in [0.5, 0.6) is 0 Å². The largest absolute Gasteiger partial charge is 0.353 e. The number of hydrogen-bond acceptors (Lipinski definition) is 4. The van der Waals surface area contributed by atoms with Crippen molar-refractivity contribution >= 4 is 17.3 Å². The fraction of sp³-hybridized carbons (Fsp3) is 0.538. The summed E-state index contributed by atoms with van der Waals surface area (Å²) in [7, 11) is 0. The summed E-state index contributed by atoms with van der Waals surface area (Å²) >= 11 is 1.66. The lowest BCUT2D eigenvalue weighted by atomic mass is 10.2. The minimum absolute atomic E-state index is 0.616. The van der Waals surface area contributed by atoms with Crippen molar-refractivity contribution in [3.05, 3.63) is 29.0 Å². The number of hydrogen-bond donors (Lipinski definition) is 1. The molecule has 0 unspecified atom stereocenters. The molecule has 3 rings (SSSR count). The van der Waals surface area contributed by atoms with E-state index in [9.17, 15) is 0 Å². The molecule has 1 aliphatic rings. The fourth-order valence-electron chi connectivity index (χ4n) is 2.48. The lowest BCUT2D eigenvalue weighted by Gasteiger charge is -2.14. The van der Waals surface area contributed by atoms with Crippen molar-refractivity contribution in [2.75, 3.05) is 5.32 Å². The molecular formula is C13H18N4S. The van der Waals surface area contributed by atoms with E-state index < -0.39 is 0 Å². The number of thiazole rings is 1. The van der Waals surface area contributed by atoms with Gasteiger partial charge in [0.15, 0.2) is 0 Å². The Bertz CT molecular complexity index is 471.